The van der Waals surface area contributed by atoms with Crippen LogP contribution in [0.2, 0.25) is 5.15 Å². The molecule has 0 atom stereocenters. The summed E-state index contributed by atoms with van der Waals surface area (Å²) in [4.78, 5) is 21.6. The minimum atomic E-state index is -0.290. The van der Waals surface area contributed by atoms with Crippen molar-refractivity contribution in [1.82, 2.24) is 9.97 Å². The van der Waals surface area contributed by atoms with Crippen LogP contribution < -0.4 is 5.32 Å². The number of thiophene rings is 1. The molecular formula is C14H16ClN3O2S. The van der Waals surface area contributed by atoms with Crippen LogP contribution in [0.4, 0.5) is 5.82 Å². The van der Waals surface area contributed by atoms with Crippen molar-refractivity contribution in [2.45, 2.75) is 20.3 Å². The summed E-state index contributed by atoms with van der Waals surface area (Å²) in [7, 11) is 0. The highest BCUT2D eigenvalue weighted by Crippen LogP contribution is 2.22. The van der Waals surface area contributed by atoms with Gasteiger partial charge in [-0.3, -0.25) is 4.98 Å². The second-order valence-corrected chi connectivity index (χ2v) is 5.98. The average molecular weight is 326 g/mol. The number of nitrogens with zero attached hydrogens (tertiary/aromatic N) is 2. The largest absolute Gasteiger partial charge is 0.460 e. The van der Waals surface area contributed by atoms with E-state index in [0.29, 0.717) is 22.4 Å². The number of aromatic nitrogens is 2. The van der Waals surface area contributed by atoms with Gasteiger partial charge in [0.05, 0.1) is 18.9 Å². The van der Waals surface area contributed by atoms with E-state index in [9.17, 15) is 4.79 Å². The highest BCUT2D eigenvalue weighted by Gasteiger charge is 2.12. The summed E-state index contributed by atoms with van der Waals surface area (Å²) < 4.78 is 5.22. The first-order chi connectivity index (χ1) is 10.1. The van der Waals surface area contributed by atoms with E-state index in [-0.39, 0.29) is 12.6 Å². The number of hydrogen-bond acceptors (Lipinski definition) is 6. The number of anilines is 1. The van der Waals surface area contributed by atoms with E-state index >= 15 is 0 Å². The Bertz CT molecular complexity index is 630. The maximum atomic E-state index is 11.9. The predicted molar refractivity (Wildman–Crippen MR) is 84.2 cm³/mol. The first-order valence-corrected chi connectivity index (χ1v) is 7.77. The van der Waals surface area contributed by atoms with Gasteiger partial charge in [0.15, 0.2) is 0 Å². The van der Waals surface area contributed by atoms with E-state index in [1.807, 2.05) is 13.0 Å². The van der Waals surface area contributed by atoms with Crippen molar-refractivity contribution in [1.29, 1.82) is 0 Å². The van der Waals surface area contributed by atoms with Crippen LogP contribution in [0, 0.1) is 6.92 Å². The molecule has 0 saturated heterocycles. The summed E-state index contributed by atoms with van der Waals surface area (Å²) in [5.74, 6) is 0.264. The van der Waals surface area contributed by atoms with Crippen LogP contribution in [0.25, 0.3) is 0 Å². The lowest BCUT2D eigenvalue weighted by atomic mass is 10.2. The normalized spacial score (nSPS) is 10.4. The summed E-state index contributed by atoms with van der Waals surface area (Å²) in [6.07, 6.45) is 3.94. The third-order valence-electron chi connectivity index (χ3n) is 2.85. The van der Waals surface area contributed by atoms with Crippen molar-refractivity contribution in [2.24, 2.45) is 0 Å². The Morgan fingerprint density at radius 2 is 2.29 bits per heavy atom. The van der Waals surface area contributed by atoms with Gasteiger partial charge in [-0.25, -0.2) is 9.78 Å². The Morgan fingerprint density at radius 3 is 2.95 bits per heavy atom. The monoisotopic (exact) mass is 325 g/mol. The topological polar surface area (TPSA) is 64.1 Å². The van der Waals surface area contributed by atoms with Gasteiger partial charge in [-0.05, 0) is 25.0 Å². The first kappa shape index (κ1) is 15.7. The summed E-state index contributed by atoms with van der Waals surface area (Å²) in [6.45, 7) is 4.79. The van der Waals surface area contributed by atoms with Gasteiger partial charge in [0.25, 0.3) is 0 Å². The predicted octanol–water partition coefficient (Wildman–Crippen LogP) is 3.33. The molecule has 112 valence electrons. The lowest BCUT2D eigenvalue weighted by Crippen LogP contribution is -2.14. The Hall–Kier alpha value is -1.66. The van der Waals surface area contributed by atoms with Crippen molar-refractivity contribution in [3.8, 4) is 0 Å². The van der Waals surface area contributed by atoms with Crippen LogP contribution in [-0.4, -0.2) is 29.1 Å². The fourth-order valence-electron chi connectivity index (χ4n) is 1.79. The molecule has 0 saturated carbocycles. The summed E-state index contributed by atoms with van der Waals surface area (Å²) >= 11 is 7.19. The van der Waals surface area contributed by atoms with E-state index in [2.05, 4.69) is 22.2 Å². The Morgan fingerprint density at radius 1 is 1.48 bits per heavy atom. The van der Waals surface area contributed by atoms with Gasteiger partial charge in [-0.1, -0.05) is 18.5 Å². The molecule has 0 aliphatic carbocycles. The number of ether oxygens (including phenoxy) is 1. The Kier molecular flexibility index (Phi) is 5.52. The van der Waals surface area contributed by atoms with Crippen molar-refractivity contribution in [2.75, 3.05) is 18.5 Å². The minimum Gasteiger partial charge on any atom is -0.460 e. The number of carbonyl (C=O) groups is 1. The van der Waals surface area contributed by atoms with Gasteiger partial charge in [-0.15, -0.1) is 11.3 Å². The number of hydrogen-bond donors (Lipinski definition) is 1. The zero-order valence-electron chi connectivity index (χ0n) is 11.9. The second kappa shape index (κ2) is 7.38. The summed E-state index contributed by atoms with van der Waals surface area (Å²) in [5, 5.41) is 3.31. The second-order valence-electron chi connectivity index (χ2n) is 4.34. The van der Waals surface area contributed by atoms with E-state index in [0.717, 1.165) is 11.3 Å². The standard InChI is InChI=1S/C14H16ClN3O2S/c1-3-10-6-11(21-9(10)2)14(19)20-5-4-17-13-8-16-7-12(15)18-13/h6-8H,3-5H2,1-2H3,(H,17,18). The van der Waals surface area contributed by atoms with Crippen molar-refractivity contribution >= 4 is 34.7 Å². The van der Waals surface area contributed by atoms with Gasteiger partial charge < -0.3 is 10.1 Å². The van der Waals surface area contributed by atoms with Crippen LogP contribution in [-0.2, 0) is 11.2 Å². The third kappa shape index (κ3) is 4.41. The first-order valence-electron chi connectivity index (χ1n) is 6.58. The number of esters is 1. The Balaban J connectivity index is 1.79. The zero-order chi connectivity index (χ0) is 15.2. The number of carbonyl (C=O) groups excluding carboxylic acids is 1. The molecule has 7 heteroatoms. The smallest absolute Gasteiger partial charge is 0.348 e. The minimum absolute atomic E-state index is 0.255. The van der Waals surface area contributed by atoms with Crippen molar-refractivity contribution in [3.05, 3.63) is 38.9 Å². The summed E-state index contributed by atoms with van der Waals surface area (Å²) in [5.41, 5.74) is 1.19. The number of rotatable bonds is 6. The molecule has 2 aromatic heterocycles. The third-order valence-corrected chi connectivity index (χ3v) is 4.10. The number of nitrogens with one attached hydrogen (secondary N) is 1. The van der Waals surface area contributed by atoms with Gasteiger partial charge in [0, 0.05) is 4.88 Å². The fraction of sp³-hybridized carbons (Fsp3) is 0.357. The molecule has 2 heterocycles. The molecule has 0 unspecified atom stereocenters. The van der Waals surface area contributed by atoms with Crippen LogP contribution in [0.15, 0.2) is 18.5 Å². The maximum Gasteiger partial charge on any atom is 0.348 e. The molecule has 21 heavy (non-hydrogen) atoms. The summed E-state index contributed by atoms with van der Waals surface area (Å²) in [6, 6.07) is 1.90. The van der Waals surface area contributed by atoms with E-state index < -0.39 is 0 Å². The van der Waals surface area contributed by atoms with Crippen molar-refractivity contribution in [3.63, 3.8) is 0 Å². The van der Waals surface area contributed by atoms with Crippen LogP contribution in [0.3, 0.4) is 0 Å². The highest BCUT2D eigenvalue weighted by molar-refractivity contribution is 7.14. The molecule has 0 aliphatic heterocycles. The van der Waals surface area contributed by atoms with Gasteiger partial charge in [-0.2, -0.15) is 0 Å². The molecule has 1 N–H and O–H groups in total. The average Bonchev–Trinajstić information content (AvgIpc) is 2.85. The van der Waals surface area contributed by atoms with Gasteiger partial charge >= 0.3 is 5.97 Å². The van der Waals surface area contributed by atoms with E-state index in [4.69, 9.17) is 16.3 Å². The van der Waals surface area contributed by atoms with E-state index in [1.165, 1.54) is 23.1 Å². The maximum absolute atomic E-state index is 11.9. The lowest BCUT2D eigenvalue weighted by Gasteiger charge is -2.06. The quantitative estimate of drug-likeness (QED) is 0.652. The number of aryl methyl sites for hydroxylation is 2. The molecule has 0 radical (unpaired) electrons. The van der Waals surface area contributed by atoms with Gasteiger partial charge in [0.2, 0.25) is 0 Å². The molecule has 0 aromatic carbocycles. The SMILES string of the molecule is CCc1cc(C(=O)OCCNc2cncc(Cl)n2)sc1C. The molecule has 0 aliphatic rings. The van der Waals surface area contributed by atoms with E-state index in [1.54, 1.807) is 6.20 Å². The zero-order valence-corrected chi connectivity index (χ0v) is 13.4. The number of halogens is 1. The van der Waals surface area contributed by atoms with Crippen LogP contribution >= 0.6 is 22.9 Å². The fourth-order valence-corrected chi connectivity index (χ4v) is 2.95. The van der Waals surface area contributed by atoms with Gasteiger partial charge in [0.1, 0.15) is 22.5 Å². The lowest BCUT2D eigenvalue weighted by molar-refractivity contribution is 0.0526. The molecule has 0 spiro atoms. The highest BCUT2D eigenvalue weighted by atomic mass is 35.5. The molecule has 2 aromatic rings. The molecule has 0 amide bonds. The molecule has 0 fully saturated rings. The molecule has 2 rings (SSSR count). The Labute approximate surface area is 132 Å². The molecule has 5 nitrogen and oxygen atoms in total. The van der Waals surface area contributed by atoms with Crippen molar-refractivity contribution < 1.29 is 9.53 Å². The van der Waals surface area contributed by atoms with Crippen LogP contribution in [0.1, 0.15) is 27.0 Å². The molecular weight excluding hydrogens is 310 g/mol. The van der Waals surface area contributed by atoms with Crippen LogP contribution in [0.5, 0.6) is 0 Å². The molecule has 0 bridgehead atoms.